The van der Waals surface area contributed by atoms with Crippen LogP contribution in [0.4, 0.5) is 0 Å². The van der Waals surface area contributed by atoms with Crippen LogP contribution >= 0.6 is 11.5 Å². The summed E-state index contributed by atoms with van der Waals surface area (Å²) in [5.41, 5.74) is 2.45. The molecule has 0 atom stereocenters. The molecule has 3 aromatic rings. The molecule has 86 valence electrons. The lowest BCUT2D eigenvalue weighted by atomic mass is 10.1. The highest BCUT2D eigenvalue weighted by Crippen LogP contribution is 2.29. The predicted molar refractivity (Wildman–Crippen MR) is 64.7 cm³/mol. The molecule has 3 aromatic heterocycles. The standard InChI is InChI=1S/C10H10N6S/c1-5(2)7-8(17-16-15-7)10-13-6-3-11-4-12-9(6)14-10/h3-5H,1-2H3,(H,11,12,13,14). The molecule has 1 N–H and O–H groups in total. The van der Waals surface area contributed by atoms with Gasteiger partial charge in [-0.2, -0.15) is 0 Å². The Bertz CT molecular complexity index is 622. The van der Waals surface area contributed by atoms with Crippen LogP contribution in [0.15, 0.2) is 12.5 Å². The maximum absolute atomic E-state index is 4.42. The fraction of sp³-hybridized carbons (Fsp3) is 0.300. The monoisotopic (exact) mass is 246 g/mol. The van der Waals surface area contributed by atoms with Crippen molar-refractivity contribution in [2.75, 3.05) is 0 Å². The first-order valence-electron chi connectivity index (χ1n) is 5.24. The van der Waals surface area contributed by atoms with Crippen molar-refractivity contribution in [3.8, 4) is 10.7 Å². The second-order valence-electron chi connectivity index (χ2n) is 3.99. The third kappa shape index (κ3) is 1.68. The summed E-state index contributed by atoms with van der Waals surface area (Å²) in [5, 5.41) is 4.13. The lowest BCUT2D eigenvalue weighted by Crippen LogP contribution is -1.91. The molecule has 0 spiro atoms. The maximum atomic E-state index is 4.42. The van der Waals surface area contributed by atoms with Gasteiger partial charge in [0, 0.05) is 0 Å². The van der Waals surface area contributed by atoms with Gasteiger partial charge < -0.3 is 4.98 Å². The van der Waals surface area contributed by atoms with E-state index in [0.717, 1.165) is 21.9 Å². The normalized spacial score (nSPS) is 11.5. The van der Waals surface area contributed by atoms with E-state index in [-0.39, 0.29) is 0 Å². The third-order valence-electron chi connectivity index (χ3n) is 2.44. The van der Waals surface area contributed by atoms with Crippen molar-refractivity contribution in [3.05, 3.63) is 18.2 Å². The van der Waals surface area contributed by atoms with Gasteiger partial charge in [-0.25, -0.2) is 15.0 Å². The van der Waals surface area contributed by atoms with Crippen LogP contribution in [0.2, 0.25) is 0 Å². The first-order chi connectivity index (χ1) is 8.25. The summed E-state index contributed by atoms with van der Waals surface area (Å²) in [5.74, 6) is 1.09. The van der Waals surface area contributed by atoms with E-state index >= 15 is 0 Å². The zero-order valence-electron chi connectivity index (χ0n) is 9.38. The molecule has 0 aliphatic rings. The number of H-pyrrole nitrogens is 1. The molecule has 7 heteroatoms. The molecule has 0 aromatic carbocycles. The molecule has 0 radical (unpaired) electrons. The number of fused-ring (bicyclic) bond motifs is 1. The minimum atomic E-state index is 0.322. The number of rotatable bonds is 2. The van der Waals surface area contributed by atoms with Gasteiger partial charge in [-0.05, 0) is 17.5 Å². The van der Waals surface area contributed by atoms with Crippen LogP contribution in [-0.4, -0.2) is 29.5 Å². The van der Waals surface area contributed by atoms with Crippen LogP contribution < -0.4 is 0 Å². The van der Waals surface area contributed by atoms with Gasteiger partial charge in [0.2, 0.25) is 0 Å². The summed E-state index contributed by atoms with van der Waals surface area (Å²) in [6.45, 7) is 4.17. The van der Waals surface area contributed by atoms with E-state index in [1.54, 1.807) is 6.20 Å². The van der Waals surface area contributed by atoms with Crippen molar-refractivity contribution < 1.29 is 0 Å². The topological polar surface area (TPSA) is 80.2 Å². The molecular formula is C10H10N6S. The number of aromatic amines is 1. The Labute approximate surface area is 101 Å². The lowest BCUT2D eigenvalue weighted by Gasteiger charge is -2.00. The van der Waals surface area contributed by atoms with Crippen molar-refractivity contribution >= 4 is 22.7 Å². The summed E-state index contributed by atoms with van der Waals surface area (Å²) in [7, 11) is 0. The second kappa shape index (κ2) is 3.85. The minimum Gasteiger partial charge on any atom is -0.335 e. The van der Waals surface area contributed by atoms with Gasteiger partial charge in [0.05, 0.1) is 11.9 Å². The Hall–Kier alpha value is -1.89. The number of hydrogen-bond donors (Lipinski definition) is 1. The molecule has 0 unspecified atom stereocenters. The molecule has 17 heavy (non-hydrogen) atoms. The van der Waals surface area contributed by atoms with E-state index in [1.165, 1.54) is 17.9 Å². The van der Waals surface area contributed by atoms with E-state index in [1.807, 2.05) is 0 Å². The van der Waals surface area contributed by atoms with Gasteiger partial charge in [0.1, 0.15) is 16.7 Å². The summed E-state index contributed by atoms with van der Waals surface area (Å²) in [6, 6.07) is 0. The highest BCUT2D eigenvalue weighted by molar-refractivity contribution is 7.09. The van der Waals surface area contributed by atoms with Gasteiger partial charge in [-0.1, -0.05) is 18.3 Å². The largest absolute Gasteiger partial charge is 0.335 e. The quantitative estimate of drug-likeness (QED) is 0.748. The van der Waals surface area contributed by atoms with Crippen molar-refractivity contribution in [1.29, 1.82) is 0 Å². The van der Waals surface area contributed by atoms with E-state index in [2.05, 4.69) is 43.4 Å². The fourth-order valence-electron chi connectivity index (χ4n) is 1.61. The maximum Gasteiger partial charge on any atom is 0.181 e. The van der Waals surface area contributed by atoms with E-state index in [9.17, 15) is 0 Å². The third-order valence-corrected chi connectivity index (χ3v) is 3.19. The van der Waals surface area contributed by atoms with Gasteiger partial charge in [0.25, 0.3) is 0 Å². The van der Waals surface area contributed by atoms with Crippen LogP contribution in [0.25, 0.3) is 21.9 Å². The molecule has 0 aliphatic carbocycles. The fourth-order valence-corrected chi connectivity index (χ4v) is 2.37. The van der Waals surface area contributed by atoms with Crippen LogP contribution in [0.1, 0.15) is 25.5 Å². The van der Waals surface area contributed by atoms with Crippen molar-refractivity contribution in [1.82, 2.24) is 29.5 Å². The number of nitrogens with one attached hydrogen (secondary N) is 1. The smallest absolute Gasteiger partial charge is 0.181 e. The summed E-state index contributed by atoms with van der Waals surface area (Å²) in [4.78, 5) is 16.6. The minimum absolute atomic E-state index is 0.322. The highest BCUT2D eigenvalue weighted by Gasteiger charge is 2.16. The first-order valence-corrected chi connectivity index (χ1v) is 6.01. The Morgan fingerprint density at radius 3 is 3.00 bits per heavy atom. The van der Waals surface area contributed by atoms with Crippen LogP contribution in [0, 0.1) is 0 Å². The molecule has 0 saturated carbocycles. The number of nitrogens with zero attached hydrogens (tertiary/aromatic N) is 5. The van der Waals surface area contributed by atoms with Gasteiger partial charge in [-0.15, -0.1) is 5.10 Å². The van der Waals surface area contributed by atoms with Crippen molar-refractivity contribution in [3.63, 3.8) is 0 Å². The molecule has 6 nitrogen and oxygen atoms in total. The predicted octanol–water partition coefficient (Wildman–Crippen LogP) is 1.99. The average molecular weight is 246 g/mol. The SMILES string of the molecule is CC(C)c1nnsc1-c1nc2ncncc2[nH]1. The van der Waals surface area contributed by atoms with E-state index in [4.69, 9.17) is 0 Å². The molecule has 3 heterocycles. The van der Waals surface area contributed by atoms with Crippen LogP contribution in [0.3, 0.4) is 0 Å². The van der Waals surface area contributed by atoms with Gasteiger partial charge >= 0.3 is 0 Å². The van der Waals surface area contributed by atoms with Gasteiger partial charge in [0.15, 0.2) is 11.5 Å². The molecular weight excluding hydrogens is 236 g/mol. The zero-order valence-corrected chi connectivity index (χ0v) is 10.2. The van der Waals surface area contributed by atoms with Crippen molar-refractivity contribution in [2.45, 2.75) is 19.8 Å². The Kier molecular flexibility index (Phi) is 2.32. The summed E-state index contributed by atoms with van der Waals surface area (Å²) >= 11 is 1.34. The second-order valence-corrected chi connectivity index (χ2v) is 4.74. The highest BCUT2D eigenvalue weighted by atomic mass is 32.1. The zero-order chi connectivity index (χ0) is 11.8. The Balaban J connectivity index is 2.17. The first kappa shape index (κ1) is 10.3. The van der Waals surface area contributed by atoms with Crippen molar-refractivity contribution in [2.24, 2.45) is 0 Å². The molecule has 0 fully saturated rings. The van der Waals surface area contributed by atoms with E-state index < -0.39 is 0 Å². The number of imidazole rings is 1. The number of hydrogen-bond acceptors (Lipinski definition) is 6. The Morgan fingerprint density at radius 1 is 1.35 bits per heavy atom. The molecule has 0 saturated heterocycles. The Morgan fingerprint density at radius 2 is 2.24 bits per heavy atom. The van der Waals surface area contributed by atoms with E-state index in [0.29, 0.717) is 11.6 Å². The lowest BCUT2D eigenvalue weighted by molar-refractivity contribution is 0.813. The number of aromatic nitrogens is 6. The molecule has 0 aliphatic heterocycles. The molecule has 0 bridgehead atoms. The summed E-state index contributed by atoms with van der Waals surface area (Å²) in [6.07, 6.45) is 3.20. The van der Waals surface area contributed by atoms with Crippen LogP contribution in [0.5, 0.6) is 0 Å². The van der Waals surface area contributed by atoms with Gasteiger partial charge in [-0.3, -0.25) is 0 Å². The van der Waals surface area contributed by atoms with Crippen LogP contribution in [-0.2, 0) is 0 Å². The molecule has 3 rings (SSSR count). The summed E-state index contributed by atoms with van der Waals surface area (Å²) < 4.78 is 3.99. The average Bonchev–Trinajstić information content (AvgIpc) is 2.95. The molecule has 0 amide bonds.